The summed E-state index contributed by atoms with van der Waals surface area (Å²) in [6, 6.07) is -0.140. The van der Waals surface area contributed by atoms with E-state index in [-0.39, 0.29) is 17.9 Å². The fourth-order valence-corrected chi connectivity index (χ4v) is 1.70. The van der Waals surface area contributed by atoms with Crippen molar-refractivity contribution in [3.63, 3.8) is 0 Å². The van der Waals surface area contributed by atoms with E-state index in [4.69, 9.17) is 4.74 Å². The minimum atomic E-state index is -0.525. The molecule has 1 saturated heterocycles. The molecule has 1 aliphatic rings. The van der Waals surface area contributed by atoms with Crippen LogP contribution in [0.4, 0.5) is 4.79 Å². The second kappa shape index (κ2) is 5.84. The normalized spacial score (nSPS) is 20.7. The SMILES string of the molecule is CC(C)C/C=C/C(=O)N1C(=O)OC[C@@H]1C(C)C. The zero-order valence-corrected chi connectivity index (χ0v) is 11.0. The highest BCUT2D eigenvalue weighted by atomic mass is 16.6. The number of hydrogen-bond acceptors (Lipinski definition) is 3. The van der Waals surface area contributed by atoms with Crippen LogP contribution in [0.3, 0.4) is 0 Å². The lowest BCUT2D eigenvalue weighted by Crippen LogP contribution is -2.40. The maximum absolute atomic E-state index is 11.9. The molecule has 0 aliphatic carbocycles. The number of imide groups is 1. The van der Waals surface area contributed by atoms with Crippen molar-refractivity contribution >= 4 is 12.0 Å². The first-order valence-electron chi connectivity index (χ1n) is 6.10. The number of nitrogens with zero attached hydrogens (tertiary/aromatic N) is 1. The molecule has 0 aromatic heterocycles. The van der Waals surface area contributed by atoms with E-state index < -0.39 is 6.09 Å². The number of carbonyl (C=O) groups is 2. The number of carbonyl (C=O) groups excluding carboxylic acids is 2. The van der Waals surface area contributed by atoms with Crippen LogP contribution in [0.15, 0.2) is 12.2 Å². The first-order chi connectivity index (χ1) is 7.93. The van der Waals surface area contributed by atoms with Crippen molar-refractivity contribution < 1.29 is 14.3 Å². The molecule has 17 heavy (non-hydrogen) atoms. The summed E-state index contributed by atoms with van der Waals surface area (Å²) < 4.78 is 4.92. The van der Waals surface area contributed by atoms with Gasteiger partial charge in [-0.15, -0.1) is 0 Å². The second-order valence-electron chi connectivity index (χ2n) is 5.13. The minimum absolute atomic E-state index is 0.140. The van der Waals surface area contributed by atoms with Gasteiger partial charge in [0.05, 0.1) is 6.04 Å². The van der Waals surface area contributed by atoms with Crippen LogP contribution in [0.1, 0.15) is 34.1 Å². The molecule has 2 amide bonds. The smallest absolute Gasteiger partial charge is 0.417 e. The molecule has 0 unspecified atom stereocenters. The van der Waals surface area contributed by atoms with Crippen molar-refractivity contribution in [1.29, 1.82) is 0 Å². The van der Waals surface area contributed by atoms with Crippen LogP contribution in [-0.2, 0) is 9.53 Å². The molecule has 4 heteroatoms. The second-order valence-corrected chi connectivity index (χ2v) is 5.13. The van der Waals surface area contributed by atoms with Crippen LogP contribution >= 0.6 is 0 Å². The van der Waals surface area contributed by atoms with Gasteiger partial charge in [-0.3, -0.25) is 4.79 Å². The zero-order chi connectivity index (χ0) is 13.0. The highest BCUT2D eigenvalue weighted by molar-refractivity contribution is 5.99. The van der Waals surface area contributed by atoms with Gasteiger partial charge in [0.2, 0.25) is 0 Å². The highest BCUT2D eigenvalue weighted by Crippen LogP contribution is 2.19. The van der Waals surface area contributed by atoms with Crippen LogP contribution in [0.25, 0.3) is 0 Å². The molecular weight excluding hydrogens is 218 g/mol. The quantitative estimate of drug-likeness (QED) is 0.708. The van der Waals surface area contributed by atoms with Crippen LogP contribution in [-0.4, -0.2) is 29.5 Å². The number of hydrogen-bond donors (Lipinski definition) is 0. The molecular formula is C13H21NO3. The Hall–Kier alpha value is -1.32. The van der Waals surface area contributed by atoms with Crippen LogP contribution < -0.4 is 0 Å². The Kier molecular flexibility index (Phi) is 4.73. The Bertz CT molecular complexity index is 321. The van der Waals surface area contributed by atoms with Gasteiger partial charge in [-0.25, -0.2) is 9.69 Å². The molecule has 0 radical (unpaired) electrons. The molecule has 1 rings (SSSR count). The lowest BCUT2D eigenvalue weighted by Gasteiger charge is -2.21. The Morgan fingerprint density at radius 3 is 2.65 bits per heavy atom. The van der Waals surface area contributed by atoms with Crippen molar-refractivity contribution in [2.24, 2.45) is 11.8 Å². The Labute approximate surface area is 103 Å². The van der Waals surface area contributed by atoms with Crippen molar-refractivity contribution in [3.05, 3.63) is 12.2 Å². The third-order valence-corrected chi connectivity index (χ3v) is 2.78. The van der Waals surface area contributed by atoms with Crippen molar-refractivity contribution in [1.82, 2.24) is 4.90 Å². The fraction of sp³-hybridized carbons (Fsp3) is 0.692. The summed E-state index contributed by atoms with van der Waals surface area (Å²) in [7, 11) is 0. The monoisotopic (exact) mass is 239 g/mol. The molecule has 0 bridgehead atoms. The van der Waals surface area contributed by atoms with E-state index in [0.717, 1.165) is 6.42 Å². The van der Waals surface area contributed by atoms with Gasteiger partial charge in [-0.05, 0) is 24.3 Å². The van der Waals surface area contributed by atoms with Gasteiger partial charge >= 0.3 is 6.09 Å². The van der Waals surface area contributed by atoms with Gasteiger partial charge in [0, 0.05) is 0 Å². The number of allylic oxidation sites excluding steroid dienone is 1. The number of cyclic esters (lactones) is 1. The first kappa shape index (κ1) is 13.7. The lowest BCUT2D eigenvalue weighted by molar-refractivity contribution is -0.124. The summed E-state index contributed by atoms with van der Waals surface area (Å²) in [5, 5.41) is 0. The Morgan fingerprint density at radius 1 is 1.47 bits per heavy atom. The maximum atomic E-state index is 11.9. The molecule has 0 aromatic carbocycles. The van der Waals surface area contributed by atoms with E-state index >= 15 is 0 Å². The molecule has 0 spiro atoms. The molecule has 4 nitrogen and oxygen atoms in total. The van der Waals surface area contributed by atoms with Gasteiger partial charge in [0.1, 0.15) is 6.61 Å². The third kappa shape index (κ3) is 3.58. The molecule has 1 heterocycles. The number of amides is 2. The average molecular weight is 239 g/mol. The van der Waals surface area contributed by atoms with Crippen LogP contribution in [0, 0.1) is 11.8 Å². The van der Waals surface area contributed by atoms with E-state index in [1.807, 2.05) is 19.9 Å². The fourth-order valence-electron chi connectivity index (χ4n) is 1.70. The van der Waals surface area contributed by atoms with E-state index in [2.05, 4.69) is 13.8 Å². The van der Waals surface area contributed by atoms with E-state index in [1.54, 1.807) is 0 Å². The van der Waals surface area contributed by atoms with Crippen molar-refractivity contribution in [2.45, 2.75) is 40.2 Å². The molecule has 96 valence electrons. The zero-order valence-electron chi connectivity index (χ0n) is 11.0. The van der Waals surface area contributed by atoms with Gasteiger partial charge in [0.15, 0.2) is 0 Å². The predicted octanol–water partition coefficient (Wildman–Crippen LogP) is 2.59. The summed E-state index contributed by atoms with van der Waals surface area (Å²) in [4.78, 5) is 24.6. The Balaban J connectivity index is 2.66. The van der Waals surface area contributed by atoms with Crippen molar-refractivity contribution in [3.8, 4) is 0 Å². The van der Waals surface area contributed by atoms with Gasteiger partial charge < -0.3 is 4.74 Å². The van der Waals surface area contributed by atoms with E-state index in [0.29, 0.717) is 12.5 Å². The number of ether oxygens (including phenoxy) is 1. The maximum Gasteiger partial charge on any atom is 0.417 e. The van der Waals surface area contributed by atoms with Crippen molar-refractivity contribution in [2.75, 3.05) is 6.61 Å². The van der Waals surface area contributed by atoms with Gasteiger partial charge in [-0.2, -0.15) is 0 Å². The average Bonchev–Trinajstić information content (AvgIpc) is 2.59. The largest absolute Gasteiger partial charge is 0.447 e. The highest BCUT2D eigenvalue weighted by Gasteiger charge is 2.38. The number of rotatable bonds is 4. The summed E-state index contributed by atoms with van der Waals surface area (Å²) >= 11 is 0. The summed E-state index contributed by atoms with van der Waals surface area (Å²) in [6.45, 7) is 8.42. The first-order valence-corrected chi connectivity index (χ1v) is 6.10. The van der Waals surface area contributed by atoms with Crippen LogP contribution in [0.2, 0.25) is 0 Å². The summed E-state index contributed by atoms with van der Waals surface area (Å²) in [6.07, 6.45) is 3.60. The minimum Gasteiger partial charge on any atom is -0.447 e. The lowest BCUT2D eigenvalue weighted by atomic mass is 10.0. The van der Waals surface area contributed by atoms with Gasteiger partial charge in [0.25, 0.3) is 5.91 Å². The standard InChI is InChI=1S/C13H21NO3/c1-9(2)6-5-7-12(15)14-11(10(3)4)8-17-13(14)16/h5,7,9-11H,6,8H2,1-4H3/b7-5+/t11-/m1/s1. The molecule has 1 aliphatic heterocycles. The molecule has 0 saturated carbocycles. The topological polar surface area (TPSA) is 46.6 Å². The third-order valence-electron chi connectivity index (χ3n) is 2.78. The summed E-state index contributed by atoms with van der Waals surface area (Å²) in [5.74, 6) is 0.446. The van der Waals surface area contributed by atoms with Gasteiger partial charge in [-0.1, -0.05) is 33.8 Å². The van der Waals surface area contributed by atoms with Crippen LogP contribution in [0.5, 0.6) is 0 Å². The molecule has 0 N–H and O–H groups in total. The Morgan fingerprint density at radius 2 is 2.12 bits per heavy atom. The van der Waals surface area contributed by atoms with E-state index in [9.17, 15) is 9.59 Å². The molecule has 0 aromatic rings. The molecule has 1 fully saturated rings. The van der Waals surface area contributed by atoms with E-state index in [1.165, 1.54) is 11.0 Å². The molecule has 1 atom stereocenters. The predicted molar refractivity (Wildman–Crippen MR) is 65.4 cm³/mol. The summed E-state index contributed by atoms with van der Waals surface area (Å²) in [5.41, 5.74) is 0.